The third-order valence-electron chi connectivity index (χ3n) is 4.51. The van der Waals surface area contributed by atoms with Crippen LogP contribution in [0.3, 0.4) is 0 Å². The fourth-order valence-electron chi connectivity index (χ4n) is 3.02. The molecule has 1 aromatic carbocycles. The van der Waals surface area contributed by atoms with Gasteiger partial charge in [-0.25, -0.2) is 4.98 Å². The Hall–Kier alpha value is -2.03. The fraction of sp³-hybridized carbons (Fsp3) is 0.350. The molecule has 2 aromatic rings. The molecule has 0 fully saturated rings. The van der Waals surface area contributed by atoms with Crippen LogP contribution in [0.2, 0.25) is 5.02 Å². The number of nitriles is 1. The average molecular weight is 386 g/mol. The largest absolute Gasteiger partial charge is 0.325 e. The first kappa shape index (κ1) is 18.8. The van der Waals surface area contributed by atoms with Crippen molar-refractivity contribution < 1.29 is 4.79 Å². The highest BCUT2D eigenvalue weighted by Crippen LogP contribution is 2.29. The fourth-order valence-corrected chi connectivity index (χ4v) is 3.97. The SMILES string of the molecule is Cc1ccc(NC(=O)CSc2nc3c(cc2C#N)CC(C)CC3)cc1Cl. The summed E-state index contributed by atoms with van der Waals surface area (Å²) in [6.07, 6.45) is 3.02. The van der Waals surface area contributed by atoms with Gasteiger partial charge in [0.05, 0.1) is 11.3 Å². The molecule has 1 aliphatic rings. The van der Waals surface area contributed by atoms with Gasteiger partial charge in [0.2, 0.25) is 5.91 Å². The molecule has 134 valence electrons. The van der Waals surface area contributed by atoms with E-state index < -0.39 is 0 Å². The lowest BCUT2D eigenvalue weighted by atomic mass is 9.87. The maximum Gasteiger partial charge on any atom is 0.234 e. The molecule has 1 heterocycles. The molecule has 1 unspecified atom stereocenters. The Balaban J connectivity index is 1.68. The number of thioether (sulfide) groups is 1. The minimum Gasteiger partial charge on any atom is -0.325 e. The molecule has 1 aliphatic carbocycles. The highest BCUT2D eigenvalue weighted by Gasteiger charge is 2.19. The van der Waals surface area contributed by atoms with Crippen LogP contribution in [0.1, 0.15) is 35.7 Å². The minimum absolute atomic E-state index is 0.146. The summed E-state index contributed by atoms with van der Waals surface area (Å²) in [7, 11) is 0. The van der Waals surface area contributed by atoms with E-state index >= 15 is 0 Å². The molecular formula is C20H20ClN3OS. The Morgan fingerprint density at radius 2 is 2.27 bits per heavy atom. The van der Waals surface area contributed by atoms with Crippen molar-refractivity contribution >= 4 is 35.0 Å². The molecule has 0 aliphatic heterocycles. The summed E-state index contributed by atoms with van der Waals surface area (Å²) in [6.45, 7) is 4.13. The van der Waals surface area contributed by atoms with E-state index in [4.69, 9.17) is 11.6 Å². The maximum atomic E-state index is 12.2. The quantitative estimate of drug-likeness (QED) is 0.770. The summed E-state index contributed by atoms with van der Waals surface area (Å²) >= 11 is 7.39. The number of fused-ring (bicyclic) bond motifs is 1. The molecule has 3 rings (SSSR count). The molecule has 6 heteroatoms. The van der Waals surface area contributed by atoms with Crippen LogP contribution in [0.15, 0.2) is 29.3 Å². The summed E-state index contributed by atoms with van der Waals surface area (Å²) < 4.78 is 0. The number of carbonyl (C=O) groups is 1. The van der Waals surface area contributed by atoms with Gasteiger partial charge in [0.15, 0.2) is 0 Å². The standard InChI is InChI=1S/C20H20ClN3OS/c1-12-3-6-18-14(7-12)8-15(10-22)20(24-18)26-11-19(25)23-16-5-4-13(2)17(21)9-16/h4-5,8-9,12H,3,6-7,11H2,1-2H3,(H,23,25). The van der Waals surface area contributed by atoms with Crippen molar-refractivity contribution in [3.05, 3.63) is 51.7 Å². The summed E-state index contributed by atoms with van der Waals surface area (Å²) in [5.41, 5.74) is 4.41. The molecule has 1 amide bonds. The van der Waals surface area contributed by atoms with Gasteiger partial charge in [-0.1, -0.05) is 36.4 Å². The van der Waals surface area contributed by atoms with Gasteiger partial charge in [0.1, 0.15) is 11.1 Å². The zero-order chi connectivity index (χ0) is 18.7. The number of anilines is 1. The van der Waals surface area contributed by atoms with Crippen LogP contribution in [0.5, 0.6) is 0 Å². The number of amides is 1. The molecule has 0 saturated carbocycles. The summed E-state index contributed by atoms with van der Waals surface area (Å²) in [6, 6.07) is 9.58. The zero-order valence-electron chi connectivity index (χ0n) is 14.8. The van der Waals surface area contributed by atoms with Gasteiger partial charge in [-0.15, -0.1) is 0 Å². The van der Waals surface area contributed by atoms with Crippen LogP contribution in [0.4, 0.5) is 5.69 Å². The first-order valence-corrected chi connectivity index (χ1v) is 9.94. The van der Waals surface area contributed by atoms with Gasteiger partial charge < -0.3 is 5.32 Å². The second-order valence-corrected chi connectivity index (χ2v) is 8.08. The molecule has 0 bridgehead atoms. The van der Waals surface area contributed by atoms with Gasteiger partial charge in [-0.2, -0.15) is 5.26 Å². The number of nitrogens with one attached hydrogen (secondary N) is 1. The third kappa shape index (κ3) is 4.38. The number of halogens is 1. The first-order chi connectivity index (χ1) is 12.5. The van der Waals surface area contributed by atoms with Crippen LogP contribution >= 0.6 is 23.4 Å². The second-order valence-electron chi connectivity index (χ2n) is 6.71. The summed E-state index contributed by atoms with van der Waals surface area (Å²) in [5, 5.41) is 13.5. The Labute approximate surface area is 163 Å². The van der Waals surface area contributed by atoms with Crippen LogP contribution in [-0.4, -0.2) is 16.6 Å². The summed E-state index contributed by atoms with van der Waals surface area (Å²) in [5.74, 6) is 0.677. The highest BCUT2D eigenvalue weighted by molar-refractivity contribution is 8.00. The average Bonchev–Trinajstić information content (AvgIpc) is 2.62. The lowest BCUT2D eigenvalue weighted by Gasteiger charge is -2.21. The number of pyridine rings is 1. The Bertz CT molecular complexity index is 891. The number of carbonyl (C=O) groups excluding carboxylic acids is 1. The topological polar surface area (TPSA) is 65.8 Å². The van der Waals surface area contributed by atoms with Crippen molar-refractivity contribution in [3.8, 4) is 6.07 Å². The van der Waals surface area contributed by atoms with E-state index in [2.05, 4.69) is 23.3 Å². The first-order valence-electron chi connectivity index (χ1n) is 8.58. The number of aryl methyl sites for hydroxylation is 2. The molecule has 0 radical (unpaired) electrons. The van der Waals surface area contributed by atoms with Crippen LogP contribution < -0.4 is 5.32 Å². The Kier molecular flexibility index (Phi) is 5.85. The lowest BCUT2D eigenvalue weighted by molar-refractivity contribution is -0.113. The predicted molar refractivity (Wildman–Crippen MR) is 106 cm³/mol. The molecule has 26 heavy (non-hydrogen) atoms. The Morgan fingerprint density at radius 1 is 1.46 bits per heavy atom. The number of nitrogens with zero attached hydrogens (tertiary/aromatic N) is 2. The minimum atomic E-state index is -0.146. The number of hydrogen-bond acceptors (Lipinski definition) is 4. The van der Waals surface area contributed by atoms with Crippen molar-refractivity contribution in [1.82, 2.24) is 4.98 Å². The highest BCUT2D eigenvalue weighted by atomic mass is 35.5. The smallest absolute Gasteiger partial charge is 0.234 e. The maximum absolute atomic E-state index is 12.2. The molecule has 1 N–H and O–H groups in total. The van der Waals surface area contributed by atoms with E-state index in [0.29, 0.717) is 27.2 Å². The van der Waals surface area contributed by atoms with E-state index in [1.165, 1.54) is 17.3 Å². The van der Waals surface area contributed by atoms with Gasteiger partial charge in [0, 0.05) is 16.4 Å². The second kappa shape index (κ2) is 8.11. The third-order valence-corrected chi connectivity index (χ3v) is 5.91. The zero-order valence-corrected chi connectivity index (χ0v) is 16.4. The van der Waals surface area contributed by atoms with Crippen molar-refractivity contribution in [1.29, 1.82) is 5.26 Å². The van der Waals surface area contributed by atoms with E-state index in [0.717, 1.165) is 30.5 Å². The van der Waals surface area contributed by atoms with Gasteiger partial charge in [0.25, 0.3) is 0 Å². The van der Waals surface area contributed by atoms with Crippen LogP contribution in [0.25, 0.3) is 0 Å². The van der Waals surface area contributed by atoms with Gasteiger partial charge in [-0.3, -0.25) is 4.79 Å². The molecule has 0 spiro atoms. The molecular weight excluding hydrogens is 366 g/mol. The number of rotatable bonds is 4. The normalized spacial score (nSPS) is 15.8. The van der Waals surface area contributed by atoms with Crippen molar-refractivity contribution in [2.45, 2.75) is 38.1 Å². The Morgan fingerprint density at radius 3 is 3.00 bits per heavy atom. The van der Waals surface area contributed by atoms with Crippen LogP contribution in [-0.2, 0) is 17.6 Å². The van der Waals surface area contributed by atoms with Crippen molar-refractivity contribution in [3.63, 3.8) is 0 Å². The molecule has 1 atom stereocenters. The van der Waals surface area contributed by atoms with Gasteiger partial charge in [-0.05, 0) is 61.4 Å². The number of hydrogen-bond donors (Lipinski definition) is 1. The van der Waals surface area contributed by atoms with Crippen molar-refractivity contribution in [2.75, 3.05) is 11.1 Å². The van der Waals surface area contributed by atoms with Gasteiger partial charge >= 0.3 is 0 Å². The molecule has 0 saturated heterocycles. The molecule has 1 aromatic heterocycles. The van der Waals surface area contributed by atoms with E-state index in [1.54, 1.807) is 6.07 Å². The van der Waals surface area contributed by atoms with E-state index in [9.17, 15) is 10.1 Å². The monoisotopic (exact) mass is 385 g/mol. The lowest BCUT2D eigenvalue weighted by Crippen LogP contribution is -2.16. The predicted octanol–water partition coefficient (Wildman–Crippen LogP) is 4.77. The number of benzene rings is 1. The number of aromatic nitrogens is 1. The molecule has 4 nitrogen and oxygen atoms in total. The summed E-state index contributed by atoms with van der Waals surface area (Å²) in [4.78, 5) is 16.9. The van der Waals surface area contributed by atoms with E-state index in [1.807, 2.05) is 25.1 Å². The van der Waals surface area contributed by atoms with Crippen molar-refractivity contribution in [2.24, 2.45) is 5.92 Å². The van der Waals surface area contributed by atoms with Crippen LogP contribution in [0, 0.1) is 24.2 Å². The van der Waals surface area contributed by atoms with E-state index in [-0.39, 0.29) is 11.7 Å².